The third kappa shape index (κ3) is 8.74. The second-order valence-electron chi connectivity index (χ2n) is 17.4. The molecule has 1 aliphatic carbocycles. The number of aromatic nitrogens is 4. The molecule has 12 heteroatoms. The molecule has 4 aromatic carbocycles. The molecule has 1 saturated heterocycles. The van der Waals surface area contributed by atoms with E-state index in [2.05, 4.69) is 134 Å². The summed E-state index contributed by atoms with van der Waals surface area (Å²) >= 11 is 1.77. The summed E-state index contributed by atoms with van der Waals surface area (Å²) < 4.78 is 14.1. The van der Waals surface area contributed by atoms with Crippen LogP contribution < -0.4 is 10.1 Å². The molecule has 2 N–H and O–H groups in total. The van der Waals surface area contributed by atoms with Gasteiger partial charge in [0.15, 0.2) is 11.7 Å². The zero-order valence-corrected chi connectivity index (χ0v) is 37.7. The molecule has 3 atom stereocenters. The van der Waals surface area contributed by atoms with Gasteiger partial charge in [0, 0.05) is 66.9 Å². The summed E-state index contributed by atoms with van der Waals surface area (Å²) in [6, 6.07) is 33.9. The minimum atomic E-state index is -0.287. The first kappa shape index (κ1) is 41.9. The standard InChI is InChI=1S/C52H56N8O3S/c1-34-35(2)64-52-48(34)50(55-46(33-47-54-23-30-63-47)51-57-56-36(3)60(51)52)39-10-15-41(16-11-39)53-22-7-24-58-25-27-59(28-26-58)29-31-62-43-18-12-38(13-19-43)49-44(37-8-5-4-6-9-37)20-14-40-32-42(61)17-21-45(40)49/h4-6,8-13,15-19,21,23,30,32,44,46,49,53,61H,7,14,20,22,24-29,31,33H2,1-3H3/t44-,46?,49+/m1/s1. The van der Waals surface area contributed by atoms with Gasteiger partial charge in [0.25, 0.3) is 0 Å². The number of nitrogens with one attached hydrogen (secondary N) is 1. The summed E-state index contributed by atoms with van der Waals surface area (Å²) in [7, 11) is 0. The molecule has 1 unspecified atom stereocenters. The number of aromatic hydroxyl groups is 1. The third-order valence-electron chi connectivity index (χ3n) is 13.4. The maximum Gasteiger partial charge on any atom is 0.196 e. The number of thiophene rings is 1. The Morgan fingerprint density at radius 2 is 1.64 bits per heavy atom. The van der Waals surface area contributed by atoms with Gasteiger partial charge in [-0.05, 0) is 117 Å². The highest BCUT2D eigenvalue weighted by Gasteiger charge is 2.34. The van der Waals surface area contributed by atoms with Gasteiger partial charge in [0.2, 0.25) is 0 Å². The number of piperazine rings is 1. The lowest BCUT2D eigenvalue weighted by Gasteiger charge is -2.35. The van der Waals surface area contributed by atoms with Crippen LogP contribution in [-0.4, -0.2) is 92.8 Å². The van der Waals surface area contributed by atoms with Crippen molar-refractivity contribution in [3.63, 3.8) is 0 Å². The number of aliphatic imine (C=N–C) groups is 1. The zero-order valence-electron chi connectivity index (χ0n) is 36.9. The summed E-state index contributed by atoms with van der Waals surface area (Å²) in [5, 5.41) is 24.1. The van der Waals surface area contributed by atoms with Gasteiger partial charge in [-0.15, -0.1) is 21.5 Å². The summed E-state index contributed by atoms with van der Waals surface area (Å²) in [5.41, 5.74) is 10.7. The van der Waals surface area contributed by atoms with Gasteiger partial charge in [-0.25, -0.2) is 4.98 Å². The Morgan fingerprint density at radius 1 is 0.859 bits per heavy atom. The fourth-order valence-electron chi connectivity index (χ4n) is 9.90. The number of aryl methyl sites for hydroxylation is 3. The molecule has 3 aliphatic rings. The van der Waals surface area contributed by atoms with E-state index >= 15 is 0 Å². The third-order valence-corrected chi connectivity index (χ3v) is 14.6. The summed E-state index contributed by atoms with van der Waals surface area (Å²) in [6.07, 6.45) is 6.89. The van der Waals surface area contributed by atoms with Crippen molar-refractivity contribution < 1.29 is 14.3 Å². The number of phenolic OH excluding ortho intramolecular Hbond substituents is 1. The Bertz CT molecular complexity index is 2700. The monoisotopic (exact) mass is 872 g/mol. The molecule has 2 aliphatic heterocycles. The van der Waals surface area contributed by atoms with E-state index in [1.54, 1.807) is 23.8 Å². The summed E-state index contributed by atoms with van der Waals surface area (Å²) in [6.45, 7) is 14.2. The second kappa shape index (κ2) is 18.6. The minimum absolute atomic E-state index is 0.235. The lowest BCUT2D eigenvalue weighted by molar-refractivity contribution is 0.117. The van der Waals surface area contributed by atoms with Crippen LogP contribution in [0.1, 0.15) is 92.1 Å². The fraction of sp³-hybridized carbons (Fsp3) is 0.346. The number of ether oxygens (including phenoxy) is 1. The average molecular weight is 873 g/mol. The molecule has 0 spiro atoms. The van der Waals surface area contributed by atoms with Gasteiger partial charge in [-0.3, -0.25) is 14.5 Å². The van der Waals surface area contributed by atoms with Crippen LogP contribution in [0, 0.1) is 20.8 Å². The molecule has 7 aromatic rings. The lowest BCUT2D eigenvalue weighted by atomic mass is 9.69. The van der Waals surface area contributed by atoms with Crippen LogP contribution in [0.25, 0.3) is 5.00 Å². The van der Waals surface area contributed by atoms with Crippen molar-refractivity contribution >= 4 is 22.7 Å². The molecule has 0 radical (unpaired) electrons. The number of hydrogen-bond donors (Lipinski definition) is 2. The van der Waals surface area contributed by atoms with Crippen LogP contribution in [0.2, 0.25) is 0 Å². The quantitative estimate of drug-likeness (QED) is 0.103. The van der Waals surface area contributed by atoms with Gasteiger partial charge in [0.1, 0.15) is 41.2 Å². The Balaban J connectivity index is 0.692. The number of anilines is 1. The molecule has 11 nitrogen and oxygen atoms in total. The maximum atomic E-state index is 10.2. The van der Waals surface area contributed by atoms with Gasteiger partial charge in [-0.1, -0.05) is 60.7 Å². The first-order valence-electron chi connectivity index (χ1n) is 22.7. The molecular weight excluding hydrogens is 817 g/mol. The van der Waals surface area contributed by atoms with Crippen LogP contribution in [-0.2, 0) is 12.8 Å². The van der Waals surface area contributed by atoms with Crippen LogP contribution in [0.15, 0.2) is 119 Å². The van der Waals surface area contributed by atoms with Crippen molar-refractivity contribution in [2.45, 2.75) is 64.3 Å². The minimum Gasteiger partial charge on any atom is -0.508 e. The van der Waals surface area contributed by atoms with E-state index in [0.717, 1.165) is 110 Å². The Morgan fingerprint density at radius 3 is 2.41 bits per heavy atom. The predicted molar refractivity (Wildman–Crippen MR) is 254 cm³/mol. The van der Waals surface area contributed by atoms with Crippen LogP contribution in [0.5, 0.6) is 11.5 Å². The van der Waals surface area contributed by atoms with Crippen molar-refractivity contribution in [2.24, 2.45) is 4.99 Å². The highest BCUT2D eigenvalue weighted by Crippen LogP contribution is 2.47. The van der Waals surface area contributed by atoms with E-state index in [0.29, 0.717) is 30.6 Å². The second-order valence-corrected chi connectivity index (χ2v) is 18.6. The maximum absolute atomic E-state index is 10.2. The smallest absolute Gasteiger partial charge is 0.196 e. The molecular formula is C52H56N8O3S. The van der Waals surface area contributed by atoms with Crippen molar-refractivity contribution in [1.29, 1.82) is 0 Å². The normalized spacial score (nSPS) is 18.7. The van der Waals surface area contributed by atoms with E-state index in [4.69, 9.17) is 14.1 Å². The fourth-order valence-corrected chi connectivity index (χ4v) is 11.1. The summed E-state index contributed by atoms with van der Waals surface area (Å²) in [4.78, 5) is 16.1. The number of benzene rings is 4. The number of oxazole rings is 1. The van der Waals surface area contributed by atoms with Crippen molar-refractivity contribution in [3.05, 3.63) is 171 Å². The van der Waals surface area contributed by atoms with Gasteiger partial charge in [-0.2, -0.15) is 0 Å². The first-order chi connectivity index (χ1) is 31.4. The summed E-state index contributed by atoms with van der Waals surface area (Å²) in [5.74, 6) is 4.17. The first-order valence-corrected chi connectivity index (χ1v) is 23.5. The Kier molecular flexibility index (Phi) is 12.2. The number of nitrogens with zero attached hydrogens (tertiary/aromatic N) is 7. The topological polar surface area (TPSA) is 117 Å². The van der Waals surface area contributed by atoms with E-state index in [9.17, 15) is 5.11 Å². The lowest BCUT2D eigenvalue weighted by Crippen LogP contribution is -2.47. The molecule has 10 rings (SSSR count). The number of phenols is 1. The largest absolute Gasteiger partial charge is 0.508 e. The van der Waals surface area contributed by atoms with Crippen molar-refractivity contribution in [1.82, 2.24) is 29.5 Å². The molecule has 3 aromatic heterocycles. The zero-order chi connectivity index (χ0) is 43.6. The van der Waals surface area contributed by atoms with E-state index in [-0.39, 0.29) is 12.0 Å². The van der Waals surface area contributed by atoms with Gasteiger partial charge >= 0.3 is 0 Å². The molecule has 5 heterocycles. The SMILES string of the molecule is Cc1sc2c(c1C)C(c1ccc(NCCCN3CCN(CCOc4ccc([C@@H]5c6ccc(O)cc6CC[C@@H]5c5ccccc5)cc4)CC3)cc1)=NC(Cc1ncco1)c1nnc(C)n1-2. The Labute approximate surface area is 379 Å². The molecule has 1 fully saturated rings. The Hall–Kier alpha value is -6.08. The number of hydrogen-bond acceptors (Lipinski definition) is 11. The van der Waals surface area contributed by atoms with Crippen LogP contribution in [0.4, 0.5) is 5.69 Å². The van der Waals surface area contributed by atoms with E-state index in [1.807, 2.05) is 19.1 Å². The molecule has 0 saturated carbocycles. The predicted octanol–water partition coefficient (Wildman–Crippen LogP) is 9.44. The van der Waals surface area contributed by atoms with E-state index < -0.39 is 0 Å². The van der Waals surface area contributed by atoms with Gasteiger partial charge < -0.3 is 24.5 Å². The van der Waals surface area contributed by atoms with E-state index in [1.165, 1.54) is 32.7 Å². The number of rotatable bonds is 14. The molecule has 328 valence electrons. The van der Waals surface area contributed by atoms with Crippen LogP contribution in [0.3, 0.4) is 0 Å². The van der Waals surface area contributed by atoms with Gasteiger partial charge in [0.05, 0.1) is 18.3 Å². The number of fused-ring (bicyclic) bond motifs is 4. The van der Waals surface area contributed by atoms with Crippen molar-refractivity contribution in [3.8, 4) is 16.5 Å². The van der Waals surface area contributed by atoms with Crippen molar-refractivity contribution in [2.75, 3.05) is 57.7 Å². The highest BCUT2D eigenvalue weighted by atomic mass is 32.1. The molecule has 0 bridgehead atoms. The highest BCUT2D eigenvalue weighted by molar-refractivity contribution is 7.15. The molecule has 0 amide bonds. The average Bonchev–Trinajstić information content (AvgIpc) is 4.04. The molecule has 64 heavy (non-hydrogen) atoms. The van der Waals surface area contributed by atoms with Crippen LogP contribution >= 0.6 is 11.3 Å².